The lowest BCUT2D eigenvalue weighted by molar-refractivity contribution is -0.230. The highest BCUT2D eigenvalue weighted by Gasteiger charge is 2.62. The summed E-state index contributed by atoms with van der Waals surface area (Å²) in [5, 5.41) is 12.6. The van der Waals surface area contributed by atoms with E-state index in [1.54, 1.807) is 0 Å². The van der Waals surface area contributed by atoms with Crippen LogP contribution >= 0.6 is 0 Å². The topological polar surface area (TPSA) is 111 Å². The minimum atomic E-state index is -5.28. The number of hydrogen-bond donors (Lipinski definition) is 1. The molecule has 234 valence electrons. The summed E-state index contributed by atoms with van der Waals surface area (Å²) >= 11 is 0. The van der Waals surface area contributed by atoms with Gasteiger partial charge in [-0.3, -0.25) is 9.78 Å². The average Bonchev–Trinajstić information content (AvgIpc) is 3.48. The van der Waals surface area contributed by atoms with Crippen molar-refractivity contribution in [2.75, 3.05) is 19.6 Å². The lowest BCUT2D eigenvalue weighted by atomic mass is 9.79. The van der Waals surface area contributed by atoms with Crippen LogP contribution in [0.4, 0.5) is 26.7 Å². The van der Waals surface area contributed by atoms with Gasteiger partial charge in [-0.15, -0.1) is 0 Å². The van der Waals surface area contributed by atoms with Crippen molar-refractivity contribution < 1.29 is 45.1 Å². The standard InChI is InChI=1S/C28H31F5N4O5S/c1-25(2,40)16-37-23(38)9-11-36(37)24(39)35-12-10-27(43(41,42)19-6-4-5-18(29)14-19)20-15-34-21(26(3,30)28(31,32)33)13-17(20)7-8-22(27)35/h4-6,13-15,22,40H,7-12,16H2,1-3H3. The van der Waals surface area contributed by atoms with Gasteiger partial charge >= 0.3 is 12.2 Å². The van der Waals surface area contributed by atoms with Crippen molar-refractivity contribution in [2.24, 2.45) is 0 Å². The van der Waals surface area contributed by atoms with E-state index in [4.69, 9.17) is 0 Å². The number of carbonyl (C=O) groups excluding carboxylic acids is 2. The molecule has 15 heteroatoms. The first kappa shape index (κ1) is 31.1. The second-order valence-corrected chi connectivity index (χ2v) is 14.2. The minimum absolute atomic E-state index is 0.0000259. The number of pyridine rings is 1. The Bertz CT molecular complexity index is 1580. The number of nitrogens with zero attached hydrogens (tertiary/aromatic N) is 4. The number of carbonyl (C=O) groups is 2. The summed E-state index contributed by atoms with van der Waals surface area (Å²) in [5.41, 5.74) is -5.95. The Morgan fingerprint density at radius 2 is 1.81 bits per heavy atom. The summed E-state index contributed by atoms with van der Waals surface area (Å²) in [6.07, 6.45) is -4.61. The zero-order chi connectivity index (χ0) is 31.8. The van der Waals surface area contributed by atoms with Gasteiger partial charge < -0.3 is 10.0 Å². The molecule has 0 saturated carbocycles. The number of aliphatic hydroxyl groups is 1. The van der Waals surface area contributed by atoms with Gasteiger partial charge in [0.25, 0.3) is 0 Å². The van der Waals surface area contributed by atoms with Crippen molar-refractivity contribution in [1.82, 2.24) is 19.9 Å². The zero-order valence-corrected chi connectivity index (χ0v) is 24.5. The number of hydrazine groups is 1. The van der Waals surface area contributed by atoms with Crippen LogP contribution in [0.25, 0.3) is 0 Å². The number of aryl methyl sites for hydroxylation is 1. The summed E-state index contributed by atoms with van der Waals surface area (Å²) in [5.74, 6) is -1.24. The normalized spacial score (nSPS) is 24.2. The third kappa shape index (κ3) is 4.93. The van der Waals surface area contributed by atoms with E-state index in [9.17, 15) is 45.1 Å². The predicted molar refractivity (Wildman–Crippen MR) is 142 cm³/mol. The molecule has 2 aromatic rings. The summed E-state index contributed by atoms with van der Waals surface area (Å²) < 4.78 is 96.6. The minimum Gasteiger partial charge on any atom is -0.389 e. The van der Waals surface area contributed by atoms with Crippen LogP contribution in [0.3, 0.4) is 0 Å². The molecule has 43 heavy (non-hydrogen) atoms. The number of sulfone groups is 1. The second kappa shape index (κ2) is 10.1. The van der Waals surface area contributed by atoms with E-state index in [0.29, 0.717) is 6.92 Å². The van der Waals surface area contributed by atoms with Gasteiger partial charge in [-0.25, -0.2) is 32.0 Å². The predicted octanol–water partition coefficient (Wildman–Crippen LogP) is 4.00. The van der Waals surface area contributed by atoms with Crippen LogP contribution in [-0.4, -0.2) is 82.8 Å². The molecule has 1 aliphatic carbocycles. The quantitative estimate of drug-likeness (QED) is 0.501. The third-order valence-electron chi connectivity index (χ3n) is 8.49. The molecule has 2 fully saturated rings. The lowest BCUT2D eigenvalue weighted by Crippen LogP contribution is -2.57. The van der Waals surface area contributed by atoms with E-state index in [1.165, 1.54) is 30.9 Å². The van der Waals surface area contributed by atoms with Gasteiger partial charge in [-0.05, 0) is 75.4 Å². The first-order valence-electron chi connectivity index (χ1n) is 13.7. The number of β-amino-alcohol motifs (C(OH)–C–C–N with tert-alkyl or cyclic N) is 1. The highest BCUT2D eigenvalue weighted by atomic mass is 32.2. The molecule has 2 saturated heterocycles. The van der Waals surface area contributed by atoms with Crippen LogP contribution in [0.15, 0.2) is 41.4 Å². The highest BCUT2D eigenvalue weighted by Crippen LogP contribution is 2.53. The van der Waals surface area contributed by atoms with Crippen molar-refractivity contribution in [3.05, 3.63) is 59.2 Å². The monoisotopic (exact) mass is 630 g/mol. The molecule has 0 bridgehead atoms. The maximum atomic E-state index is 14.9. The van der Waals surface area contributed by atoms with E-state index < -0.39 is 66.4 Å². The maximum Gasteiger partial charge on any atom is 0.428 e. The molecule has 0 spiro atoms. The molecule has 3 atom stereocenters. The Balaban J connectivity index is 1.63. The summed E-state index contributed by atoms with van der Waals surface area (Å²) in [6.45, 7) is 2.94. The van der Waals surface area contributed by atoms with Gasteiger partial charge in [0.15, 0.2) is 9.84 Å². The lowest BCUT2D eigenvalue weighted by Gasteiger charge is -2.43. The van der Waals surface area contributed by atoms with Gasteiger partial charge in [0.2, 0.25) is 11.6 Å². The van der Waals surface area contributed by atoms with Crippen LogP contribution < -0.4 is 0 Å². The molecule has 1 aromatic carbocycles. The molecular formula is C28H31F5N4O5S. The van der Waals surface area contributed by atoms with Crippen LogP contribution in [0, 0.1) is 5.82 Å². The largest absolute Gasteiger partial charge is 0.428 e. The molecule has 5 rings (SSSR count). The number of halogens is 5. The smallest absolute Gasteiger partial charge is 0.389 e. The van der Waals surface area contributed by atoms with Crippen molar-refractivity contribution in [3.63, 3.8) is 0 Å². The number of fused-ring (bicyclic) bond motifs is 3. The number of alkyl halides is 4. The van der Waals surface area contributed by atoms with E-state index in [1.807, 2.05) is 0 Å². The first-order valence-corrected chi connectivity index (χ1v) is 15.2. The molecule has 3 unspecified atom stereocenters. The molecule has 9 nitrogen and oxygen atoms in total. The first-order chi connectivity index (χ1) is 19.8. The van der Waals surface area contributed by atoms with Gasteiger partial charge in [0, 0.05) is 19.2 Å². The van der Waals surface area contributed by atoms with Crippen LogP contribution in [0.2, 0.25) is 0 Å². The molecule has 0 radical (unpaired) electrons. The van der Waals surface area contributed by atoms with Crippen LogP contribution in [0.5, 0.6) is 0 Å². The van der Waals surface area contributed by atoms with Crippen molar-refractivity contribution in [3.8, 4) is 0 Å². The summed E-state index contributed by atoms with van der Waals surface area (Å²) in [4.78, 5) is 31.2. The van der Waals surface area contributed by atoms with Gasteiger partial charge in [-0.2, -0.15) is 13.2 Å². The van der Waals surface area contributed by atoms with E-state index >= 15 is 0 Å². The van der Waals surface area contributed by atoms with Crippen LogP contribution in [-0.2, 0) is 31.5 Å². The Morgan fingerprint density at radius 3 is 2.44 bits per heavy atom. The number of benzene rings is 1. The number of hydrogen-bond acceptors (Lipinski definition) is 6. The van der Waals surface area contributed by atoms with Crippen molar-refractivity contribution >= 4 is 21.8 Å². The summed E-state index contributed by atoms with van der Waals surface area (Å²) in [6, 6.07) is 3.44. The van der Waals surface area contributed by atoms with Crippen molar-refractivity contribution in [1.29, 1.82) is 0 Å². The molecule has 1 N–H and O–H groups in total. The molecule has 2 aliphatic heterocycles. The number of rotatable bonds is 5. The number of urea groups is 1. The van der Waals surface area contributed by atoms with E-state index in [2.05, 4.69) is 4.98 Å². The Labute approximate surface area is 245 Å². The third-order valence-corrected chi connectivity index (χ3v) is 11.0. The van der Waals surface area contributed by atoms with Crippen LogP contribution in [0.1, 0.15) is 56.9 Å². The van der Waals surface area contributed by atoms with E-state index in [0.717, 1.165) is 34.4 Å². The highest BCUT2D eigenvalue weighted by molar-refractivity contribution is 7.92. The average molecular weight is 631 g/mol. The van der Waals surface area contributed by atoms with Gasteiger partial charge in [0.05, 0.1) is 35.3 Å². The molecular weight excluding hydrogens is 599 g/mol. The van der Waals surface area contributed by atoms with Gasteiger partial charge in [0.1, 0.15) is 10.6 Å². The Kier molecular flexibility index (Phi) is 7.31. The molecule has 1 aromatic heterocycles. The fourth-order valence-corrected chi connectivity index (χ4v) is 8.73. The molecule has 3 aliphatic rings. The number of aromatic nitrogens is 1. The molecule has 3 amide bonds. The number of amides is 3. The zero-order valence-electron chi connectivity index (χ0n) is 23.7. The Hall–Kier alpha value is -3.33. The molecule has 3 heterocycles. The summed E-state index contributed by atoms with van der Waals surface area (Å²) in [7, 11) is -4.55. The van der Waals surface area contributed by atoms with Crippen molar-refractivity contribution in [2.45, 2.75) is 79.6 Å². The van der Waals surface area contributed by atoms with E-state index in [-0.39, 0.29) is 56.4 Å². The maximum absolute atomic E-state index is 14.9. The van der Waals surface area contributed by atoms with Gasteiger partial charge in [-0.1, -0.05) is 6.07 Å². The SMILES string of the molecule is CC(C)(O)CN1C(=O)CCN1C(=O)N1CCC2(S(=O)(=O)c3cccc(F)c3)c3cnc(C(C)(F)C(F)(F)F)cc3CCC12. The number of likely N-dealkylation sites (tertiary alicyclic amines) is 1. The Morgan fingerprint density at radius 1 is 1.12 bits per heavy atom. The fraction of sp³-hybridized carbons (Fsp3) is 0.536. The fourth-order valence-electron chi connectivity index (χ4n) is 6.35. The second-order valence-electron chi connectivity index (χ2n) is 12.0.